The molecule has 1 amide bonds. The smallest absolute Gasteiger partial charge is 0.228 e. The number of ether oxygens (including phenoxy) is 1. The zero-order chi connectivity index (χ0) is 26.1. The molecule has 1 saturated carbocycles. The van der Waals surface area contributed by atoms with Crippen LogP contribution in [0.2, 0.25) is 0 Å². The van der Waals surface area contributed by atoms with Crippen molar-refractivity contribution in [3.8, 4) is 11.8 Å². The first kappa shape index (κ1) is 25.4. The molecule has 1 unspecified atom stereocenters. The van der Waals surface area contributed by atoms with Gasteiger partial charge in [-0.25, -0.2) is 0 Å². The van der Waals surface area contributed by atoms with E-state index in [0.29, 0.717) is 43.6 Å². The van der Waals surface area contributed by atoms with Gasteiger partial charge in [-0.15, -0.1) is 0 Å². The number of nitriles is 1. The maximum Gasteiger partial charge on any atom is 0.228 e. The van der Waals surface area contributed by atoms with Crippen LogP contribution in [0.1, 0.15) is 73.1 Å². The Hall–Kier alpha value is -2.88. The number of carbonyl (C=O) groups is 1. The van der Waals surface area contributed by atoms with Crippen molar-refractivity contribution in [1.82, 2.24) is 15.5 Å². The number of nitrogens with one attached hydrogen (secondary N) is 2. The number of benzene rings is 2. The number of piperidine rings is 1. The van der Waals surface area contributed by atoms with Gasteiger partial charge in [-0.05, 0) is 60.8 Å². The molecule has 4 aliphatic rings. The Bertz CT molecular complexity index is 1200. The van der Waals surface area contributed by atoms with E-state index in [1.807, 2.05) is 12.1 Å². The zero-order valence-corrected chi connectivity index (χ0v) is 22.5. The van der Waals surface area contributed by atoms with E-state index in [9.17, 15) is 10.1 Å². The lowest BCUT2D eigenvalue weighted by molar-refractivity contribution is -0.142. The number of carbonyl (C=O) groups excluding carboxylic acids is 1. The number of nitrogens with zero attached hydrogens (tertiary/aromatic N) is 2. The van der Waals surface area contributed by atoms with Crippen molar-refractivity contribution in [2.24, 2.45) is 11.8 Å². The van der Waals surface area contributed by atoms with Gasteiger partial charge in [0.25, 0.3) is 0 Å². The number of rotatable bonds is 4. The molecule has 200 valence electrons. The van der Waals surface area contributed by atoms with E-state index in [-0.39, 0.29) is 17.9 Å². The minimum Gasteiger partial charge on any atom is -0.496 e. The molecule has 0 radical (unpaired) electrons. The van der Waals surface area contributed by atoms with Gasteiger partial charge in [0.1, 0.15) is 5.75 Å². The predicted molar refractivity (Wildman–Crippen MR) is 148 cm³/mol. The molecule has 6 rings (SSSR count). The summed E-state index contributed by atoms with van der Waals surface area (Å²) in [4.78, 5) is 17.0. The van der Waals surface area contributed by atoms with Gasteiger partial charge in [0.15, 0.2) is 0 Å². The van der Waals surface area contributed by atoms with Gasteiger partial charge in [0.2, 0.25) is 5.91 Å². The summed E-state index contributed by atoms with van der Waals surface area (Å²) >= 11 is 0. The van der Waals surface area contributed by atoms with Crippen LogP contribution in [0.25, 0.3) is 0 Å². The van der Waals surface area contributed by atoms with Crippen molar-refractivity contribution in [1.29, 1.82) is 5.26 Å². The fraction of sp³-hybridized carbons (Fsp3) is 0.562. The Kier molecular flexibility index (Phi) is 7.16. The number of hydrogen-bond acceptors (Lipinski definition) is 5. The Morgan fingerprint density at radius 2 is 1.84 bits per heavy atom. The molecule has 2 aromatic carbocycles. The van der Waals surface area contributed by atoms with Crippen molar-refractivity contribution in [3.05, 3.63) is 64.7 Å². The molecule has 38 heavy (non-hydrogen) atoms. The van der Waals surface area contributed by atoms with Crippen LogP contribution >= 0.6 is 0 Å². The van der Waals surface area contributed by atoms with Gasteiger partial charge in [-0.2, -0.15) is 5.26 Å². The maximum atomic E-state index is 14.7. The summed E-state index contributed by atoms with van der Waals surface area (Å²) in [6.45, 7) is 3.51. The van der Waals surface area contributed by atoms with E-state index in [1.54, 1.807) is 7.11 Å². The van der Waals surface area contributed by atoms with E-state index < -0.39 is 5.41 Å². The highest BCUT2D eigenvalue weighted by Crippen LogP contribution is 2.46. The average molecular weight is 513 g/mol. The van der Waals surface area contributed by atoms with Crippen LogP contribution in [0.5, 0.6) is 5.75 Å². The SMILES string of the molecule is COc1ccc(C#N)c2c1CNC[C@]21CNCC1C(=O)N1CC[C@@H](c2ccccc2)C[C@H]1C1CCCCC1. The van der Waals surface area contributed by atoms with Crippen LogP contribution in [-0.2, 0) is 16.8 Å². The van der Waals surface area contributed by atoms with Crippen molar-refractivity contribution >= 4 is 5.91 Å². The number of hydrogen-bond donors (Lipinski definition) is 2. The second kappa shape index (κ2) is 10.7. The van der Waals surface area contributed by atoms with Crippen molar-refractivity contribution in [2.45, 2.75) is 68.9 Å². The largest absolute Gasteiger partial charge is 0.496 e. The van der Waals surface area contributed by atoms with E-state index in [0.717, 1.165) is 36.3 Å². The Labute approximate surface area is 226 Å². The Balaban J connectivity index is 1.35. The lowest BCUT2D eigenvalue weighted by Gasteiger charge is -2.48. The third-order valence-electron chi connectivity index (χ3n) is 10.00. The topological polar surface area (TPSA) is 77.4 Å². The molecule has 3 fully saturated rings. The first-order valence-corrected chi connectivity index (χ1v) is 14.5. The summed E-state index contributed by atoms with van der Waals surface area (Å²) in [5.41, 5.74) is 3.70. The van der Waals surface area contributed by atoms with Gasteiger partial charge in [0, 0.05) is 49.7 Å². The van der Waals surface area contributed by atoms with Crippen LogP contribution in [-0.4, -0.2) is 50.1 Å². The van der Waals surface area contributed by atoms with Gasteiger partial charge in [-0.3, -0.25) is 4.79 Å². The molecule has 2 N–H and O–H groups in total. The first-order chi connectivity index (χ1) is 18.7. The minimum absolute atomic E-state index is 0.201. The Morgan fingerprint density at radius 3 is 2.61 bits per heavy atom. The fourth-order valence-corrected chi connectivity index (χ4v) is 8.15. The molecule has 1 aliphatic carbocycles. The van der Waals surface area contributed by atoms with E-state index >= 15 is 0 Å². The molecule has 6 nitrogen and oxygen atoms in total. The zero-order valence-electron chi connectivity index (χ0n) is 22.5. The van der Waals surface area contributed by atoms with Gasteiger partial charge < -0.3 is 20.3 Å². The monoisotopic (exact) mass is 512 g/mol. The first-order valence-electron chi connectivity index (χ1n) is 14.5. The average Bonchev–Trinajstić information content (AvgIpc) is 3.40. The van der Waals surface area contributed by atoms with Crippen molar-refractivity contribution < 1.29 is 9.53 Å². The van der Waals surface area contributed by atoms with Crippen LogP contribution < -0.4 is 15.4 Å². The molecular weight excluding hydrogens is 472 g/mol. The summed E-state index contributed by atoms with van der Waals surface area (Å²) in [5.74, 6) is 1.96. The summed E-state index contributed by atoms with van der Waals surface area (Å²) in [7, 11) is 1.68. The lowest BCUT2D eigenvalue weighted by Crippen LogP contribution is -2.57. The maximum absolute atomic E-state index is 14.7. The predicted octanol–water partition coefficient (Wildman–Crippen LogP) is 4.48. The van der Waals surface area contributed by atoms with Crippen molar-refractivity contribution in [3.63, 3.8) is 0 Å². The standard InChI is InChI=1S/C32H40N4O2/c1-38-29-13-12-25(17-33)30-26(29)18-34-20-32(30)21-35-19-27(32)31(37)36-15-14-24(22-8-4-2-5-9-22)16-28(36)23-10-6-3-7-11-23/h2,4-5,8-9,12-13,23-24,27-28,34-35H,3,6-7,10-11,14-16,18-21H2,1H3/t24-,27?,28+,32-/m1/s1. The molecule has 0 bridgehead atoms. The second-order valence-electron chi connectivity index (χ2n) is 11.9. The van der Waals surface area contributed by atoms with Crippen LogP contribution in [0.4, 0.5) is 0 Å². The minimum atomic E-state index is -0.447. The highest BCUT2D eigenvalue weighted by molar-refractivity contribution is 5.83. The van der Waals surface area contributed by atoms with Crippen molar-refractivity contribution in [2.75, 3.05) is 33.3 Å². The van der Waals surface area contributed by atoms with Crippen LogP contribution in [0.3, 0.4) is 0 Å². The highest BCUT2D eigenvalue weighted by Gasteiger charge is 2.54. The molecule has 6 heteroatoms. The van der Waals surface area contributed by atoms with E-state index in [4.69, 9.17) is 4.74 Å². The Morgan fingerprint density at radius 1 is 1.05 bits per heavy atom. The summed E-state index contributed by atoms with van der Waals surface area (Å²) < 4.78 is 5.71. The quantitative estimate of drug-likeness (QED) is 0.632. The van der Waals surface area contributed by atoms with Gasteiger partial charge in [-0.1, -0.05) is 49.6 Å². The summed E-state index contributed by atoms with van der Waals surface area (Å²) in [5, 5.41) is 17.3. The molecule has 2 aromatic rings. The molecule has 3 aliphatic heterocycles. The molecule has 2 saturated heterocycles. The second-order valence-corrected chi connectivity index (χ2v) is 11.9. The number of methoxy groups -OCH3 is 1. The number of fused-ring (bicyclic) bond motifs is 2. The highest BCUT2D eigenvalue weighted by atomic mass is 16.5. The molecular formula is C32H40N4O2. The lowest BCUT2D eigenvalue weighted by atomic mass is 9.66. The molecule has 1 spiro atoms. The van der Waals surface area contributed by atoms with Crippen LogP contribution in [0.15, 0.2) is 42.5 Å². The van der Waals surface area contributed by atoms with E-state index in [2.05, 4.69) is 51.9 Å². The molecule has 4 atom stereocenters. The van der Waals surface area contributed by atoms with Crippen LogP contribution in [0, 0.1) is 23.2 Å². The summed E-state index contributed by atoms with van der Waals surface area (Å²) in [6, 6.07) is 17.4. The third-order valence-corrected chi connectivity index (χ3v) is 10.00. The van der Waals surface area contributed by atoms with E-state index in [1.165, 1.54) is 37.7 Å². The normalized spacial score (nSPS) is 29.6. The third kappa shape index (κ3) is 4.30. The summed E-state index contributed by atoms with van der Waals surface area (Å²) in [6.07, 6.45) is 8.38. The number of likely N-dealkylation sites (tertiary alicyclic amines) is 1. The molecule has 0 aromatic heterocycles. The fourth-order valence-electron chi connectivity index (χ4n) is 8.15. The van der Waals surface area contributed by atoms with Gasteiger partial charge >= 0.3 is 0 Å². The van der Waals surface area contributed by atoms with Gasteiger partial charge in [0.05, 0.1) is 24.7 Å². The molecule has 3 heterocycles. The number of amides is 1.